The van der Waals surface area contributed by atoms with Crippen molar-refractivity contribution in [1.82, 2.24) is 0 Å². The molecule has 0 aliphatic carbocycles. The van der Waals surface area contributed by atoms with Gasteiger partial charge in [0.2, 0.25) is 0 Å². The Morgan fingerprint density at radius 1 is 0.464 bits per heavy atom. The average Bonchev–Trinajstić information content (AvgIpc) is 2.79. The summed E-state index contributed by atoms with van der Waals surface area (Å²) in [5, 5.41) is 3.46. The summed E-state index contributed by atoms with van der Waals surface area (Å²) in [6, 6.07) is 41.4. The third-order valence-corrected chi connectivity index (χ3v) is 8.60. The van der Waals surface area contributed by atoms with E-state index in [9.17, 15) is 0 Å². The minimum Gasteiger partial charge on any atom is -0.269 e. The van der Waals surface area contributed by atoms with Gasteiger partial charge in [-0.25, -0.2) is 4.89 Å². The number of hydrogen-bond acceptors (Lipinski definition) is 2. The molecule has 0 bridgehead atoms. The lowest BCUT2D eigenvalue weighted by atomic mass is 10.2. The molecular weight excluding hydrogens is 360 g/mol. The summed E-state index contributed by atoms with van der Waals surface area (Å²) in [6.07, 6.45) is 0. The standard InChI is InChI=1S/C25H22O2Si/c1-5-13-22(14-6-1)21-26-27-28(23-15-7-2-8-16-23,24-17-9-3-10-18-24)25-19-11-4-12-20-25/h1-20H,21H2. The second kappa shape index (κ2) is 8.80. The fraction of sp³-hybridized carbons (Fsp3) is 0.0400. The van der Waals surface area contributed by atoms with Crippen LogP contribution in [0, 0.1) is 0 Å². The third kappa shape index (κ3) is 3.82. The summed E-state index contributed by atoms with van der Waals surface area (Å²) in [5.74, 6) is 0. The maximum Gasteiger partial charge on any atom is 0.331 e. The molecule has 3 heteroatoms. The fourth-order valence-electron chi connectivity index (χ4n) is 3.42. The van der Waals surface area contributed by atoms with Gasteiger partial charge in [-0.3, -0.25) is 4.58 Å². The van der Waals surface area contributed by atoms with Crippen LogP contribution in [0.5, 0.6) is 0 Å². The second-order valence-electron chi connectivity index (χ2n) is 6.61. The molecule has 0 aliphatic rings. The molecule has 0 amide bonds. The molecular formula is C25H22O2Si. The van der Waals surface area contributed by atoms with Gasteiger partial charge in [-0.1, -0.05) is 121 Å². The molecule has 138 valence electrons. The Balaban J connectivity index is 1.79. The lowest BCUT2D eigenvalue weighted by Crippen LogP contribution is -2.69. The molecule has 0 fully saturated rings. The van der Waals surface area contributed by atoms with Gasteiger partial charge in [-0.15, -0.1) is 0 Å². The van der Waals surface area contributed by atoms with Crippen molar-refractivity contribution >= 4 is 23.9 Å². The molecule has 0 N–H and O–H groups in total. The Labute approximate surface area is 167 Å². The molecule has 4 aromatic carbocycles. The van der Waals surface area contributed by atoms with Crippen molar-refractivity contribution in [1.29, 1.82) is 0 Å². The highest BCUT2D eigenvalue weighted by atomic mass is 28.4. The average molecular weight is 383 g/mol. The van der Waals surface area contributed by atoms with E-state index in [0.717, 1.165) is 21.1 Å². The van der Waals surface area contributed by atoms with Crippen LogP contribution in [-0.2, 0) is 16.1 Å². The zero-order chi connectivity index (χ0) is 19.1. The fourth-order valence-corrected chi connectivity index (χ4v) is 6.93. The Hall–Kier alpha value is -2.98. The number of hydrogen-bond donors (Lipinski definition) is 0. The highest BCUT2D eigenvalue weighted by Gasteiger charge is 2.43. The SMILES string of the molecule is c1ccc(COO[Si](c2ccccc2)(c2ccccc2)c2ccccc2)cc1. The van der Waals surface area contributed by atoms with Crippen LogP contribution in [-0.4, -0.2) is 8.32 Å². The van der Waals surface area contributed by atoms with Gasteiger partial charge in [0.1, 0.15) is 6.61 Å². The summed E-state index contributed by atoms with van der Waals surface area (Å²) in [6.45, 7) is 0.405. The summed E-state index contributed by atoms with van der Waals surface area (Å²) in [5.41, 5.74) is 1.08. The van der Waals surface area contributed by atoms with Crippen LogP contribution in [0.2, 0.25) is 0 Å². The number of rotatable bonds is 7. The zero-order valence-corrected chi connectivity index (χ0v) is 16.6. The quantitative estimate of drug-likeness (QED) is 0.209. The van der Waals surface area contributed by atoms with E-state index in [1.54, 1.807) is 0 Å². The second-order valence-corrected chi connectivity index (χ2v) is 9.87. The first kappa shape index (κ1) is 18.4. The Kier molecular flexibility index (Phi) is 5.78. The molecule has 4 rings (SSSR count). The van der Waals surface area contributed by atoms with Crippen molar-refractivity contribution in [2.45, 2.75) is 6.61 Å². The summed E-state index contributed by atoms with van der Waals surface area (Å²) < 4.78 is 6.43. The molecule has 0 radical (unpaired) electrons. The van der Waals surface area contributed by atoms with Crippen molar-refractivity contribution < 1.29 is 9.46 Å². The monoisotopic (exact) mass is 382 g/mol. The van der Waals surface area contributed by atoms with Crippen LogP contribution >= 0.6 is 0 Å². The Bertz CT molecular complexity index is 877. The Morgan fingerprint density at radius 2 is 0.821 bits per heavy atom. The van der Waals surface area contributed by atoms with Crippen LogP contribution in [0.25, 0.3) is 0 Å². The summed E-state index contributed by atoms with van der Waals surface area (Å²) >= 11 is 0. The first-order chi connectivity index (χ1) is 13.9. The van der Waals surface area contributed by atoms with Crippen LogP contribution in [0.15, 0.2) is 121 Å². The maximum absolute atomic E-state index is 6.43. The molecule has 0 aromatic heterocycles. The van der Waals surface area contributed by atoms with Crippen LogP contribution in [0.3, 0.4) is 0 Å². The van der Waals surface area contributed by atoms with Gasteiger partial charge in [0.15, 0.2) is 0 Å². The van der Waals surface area contributed by atoms with Crippen molar-refractivity contribution in [2.24, 2.45) is 0 Å². The predicted molar refractivity (Wildman–Crippen MR) is 116 cm³/mol. The van der Waals surface area contributed by atoms with Gasteiger partial charge in [0.05, 0.1) is 0 Å². The maximum atomic E-state index is 6.43. The van der Waals surface area contributed by atoms with E-state index in [1.807, 2.05) is 48.5 Å². The van der Waals surface area contributed by atoms with Gasteiger partial charge in [0.25, 0.3) is 0 Å². The molecule has 2 nitrogen and oxygen atoms in total. The first-order valence-corrected chi connectivity index (χ1v) is 11.3. The smallest absolute Gasteiger partial charge is 0.269 e. The van der Waals surface area contributed by atoms with E-state index in [2.05, 4.69) is 72.8 Å². The van der Waals surface area contributed by atoms with Crippen molar-refractivity contribution in [3.63, 3.8) is 0 Å². The molecule has 0 unspecified atom stereocenters. The largest absolute Gasteiger partial charge is 0.331 e. The minimum absolute atomic E-state index is 0.405. The third-order valence-electron chi connectivity index (χ3n) is 4.79. The lowest BCUT2D eigenvalue weighted by Gasteiger charge is -2.31. The summed E-state index contributed by atoms with van der Waals surface area (Å²) in [7, 11) is -2.80. The first-order valence-electron chi connectivity index (χ1n) is 9.41. The molecule has 0 aliphatic heterocycles. The highest BCUT2D eigenvalue weighted by Crippen LogP contribution is 2.12. The van der Waals surface area contributed by atoms with Gasteiger partial charge < -0.3 is 0 Å². The molecule has 0 heterocycles. The molecule has 0 atom stereocenters. The van der Waals surface area contributed by atoms with E-state index >= 15 is 0 Å². The van der Waals surface area contributed by atoms with Crippen molar-refractivity contribution in [3.05, 3.63) is 127 Å². The molecule has 0 spiro atoms. The van der Waals surface area contributed by atoms with Gasteiger partial charge in [-0.05, 0) is 21.1 Å². The van der Waals surface area contributed by atoms with Crippen molar-refractivity contribution in [3.8, 4) is 0 Å². The van der Waals surface area contributed by atoms with Crippen LogP contribution < -0.4 is 15.6 Å². The van der Waals surface area contributed by atoms with E-state index in [-0.39, 0.29) is 0 Å². The minimum atomic E-state index is -2.80. The van der Waals surface area contributed by atoms with Gasteiger partial charge in [-0.2, -0.15) is 0 Å². The normalized spacial score (nSPS) is 11.3. The van der Waals surface area contributed by atoms with E-state index in [4.69, 9.17) is 9.46 Å². The Morgan fingerprint density at radius 3 is 1.21 bits per heavy atom. The van der Waals surface area contributed by atoms with E-state index in [0.29, 0.717) is 6.61 Å². The zero-order valence-electron chi connectivity index (χ0n) is 15.6. The lowest BCUT2D eigenvalue weighted by molar-refractivity contribution is -0.224. The molecule has 0 saturated heterocycles. The molecule has 0 saturated carbocycles. The van der Waals surface area contributed by atoms with Crippen LogP contribution in [0.1, 0.15) is 5.56 Å². The van der Waals surface area contributed by atoms with Crippen LogP contribution in [0.4, 0.5) is 0 Å². The van der Waals surface area contributed by atoms with E-state index < -0.39 is 8.32 Å². The highest BCUT2D eigenvalue weighted by molar-refractivity contribution is 7.07. The van der Waals surface area contributed by atoms with Gasteiger partial charge >= 0.3 is 8.32 Å². The van der Waals surface area contributed by atoms with E-state index in [1.165, 1.54) is 0 Å². The summed E-state index contributed by atoms with van der Waals surface area (Å²) in [4.78, 5) is 5.91. The van der Waals surface area contributed by atoms with Crippen molar-refractivity contribution in [2.75, 3.05) is 0 Å². The topological polar surface area (TPSA) is 18.5 Å². The predicted octanol–water partition coefficient (Wildman–Crippen LogP) is 3.80. The molecule has 4 aromatic rings. The number of benzene rings is 4. The van der Waals surface area contributed by atoms with Gasteiger partial charge in [0, 0.05) is 0 Å². The molecule has 28 heavy (non-hydrogen) atoms.